The number of pyridine rings is 1. The minimum absolute atomic E-state index is 0.246. The number of nitrogens with one attached hydrogen (secondary N) is 1. The Bertz CT molecular complexity index is 1310. The zero-order valence-corrected chi connectivity index (χ0v) is 16.6. The molecule has 1 amide bonds. The topological polar surface area (TPSA) is 78.9 Å². The van der Waals surface area contributed by atoms with Crippen molar-refractivity contribution in [1.82, 2.24) is 4.98 Å². The molecule has 6 heteroatoms. The van der Waals surface area contributed by atoms with Gasteiger partial charge in [-0.15, -0.1) is 11.3 Å². The van der Waals surface area contributed by atoms with E-state index in [4.69, 9.17) is 4.42 Å². The van der Waals surface area contributed by atoms with Crippen LogP contribution in [0.15, 0.2) is 46.9 Å². The maximum atomic E-state index is 13.2. The number of carbonyl (C=O) groups excluding carboxylic acids is 1. The van der Waals surface area contributed by atoms with E-state index in [1.807, 2.05) is 43.3 Å². The van der Waals surface area contributed by atoms with Crippen molar-refractivity contribution in [3.8, 4) is 17.5 Å². The van der Waals surface area contributed by atoms with E-state index in [2.05, 4.69) is 16.4 Å². The smallest absolute Gasteiger partial charge is 0.257 e. The van der Waals surface area contributed by atoms with Crippen molar-refractivity contribution in [3.05, 3.63) is 69.8 Å². The van der Waals surface area contributed by atoms with E-state index in [1.54, 1.807) is 6.07 Å². The van der Waals surface area contributed by atoms with Gasteiger partial charge in [0.1, 0.15) is 22.5 Å². The van der Waals surface area contributed by atoms with Crippen molar-refractivity contribution in [3.63, 3.8) is 0 Å². The van der Waals surface area contributed by atoms with Gasteiger partial charge in [0.2, 0.25) is 0 Å². The maximum Gasteiger partial charge on any atom is 0.257 e. The van der Waals surface area contributed by atoms with Crippen LogP contribution in [0.25, 0.3) is 22.4 Å². The third-order valence-corrected chi connectivity index (χ3v) is 6.42. The summed E-state index contributed by atoms with van der Waals surface area (Å²) in [5.41, 5.74) is 3.54. The van der Waals surface area contributed by atoms with Crippen molar-refractivity contribution < 1.29 is 9.21 Å². The number of nitrogens with zero attached hydrogens (tertiary/aromatic N) is 2. The maximum absolute atomic E-state index is 13.2. The van der Waals surface area contributed by atoms with Crippen molar-refractivity contribution in [1.29, 1.82) is 5.26 Å². The van der Waals surface area contributed by atoms with Gasteiger partial charge in [0.15, 0.2) is 5.76 Å². The van der Waals surface area contributed by atoms with Gasteiger partial charge in [0, 0.05) is 10.3 Å². The molecule has 0 radical (unpaired) electrons. The molecule has 1 aliphatic carbocycles. The first kappa shape index (κ1) is 17.7. The molecule has 0 unspecified atom stereocenters. The molecule has 0 spiro atoms. The number of thiophene rings is 1. The standard InChI is InChI=1S/C23H17N3O2S/c1-13-9-10-20(28-13)19-11-16(14-5-2-3-7-18(14)25-19)22(27)26-23-17(12-24)15-6-4-8-21(15)29-23/h2-3,5,7,9-11H,4,6,8H2,1H3,(H,26,27). The molecule has 5 nitrogen and oxygen atoms in total. The van der Waals surface area contributed by atoms with Crippen LogP contribution in [0, 0.1) is 18.3 Å². The Labute approximate surface area is 171 Å². The van der Waals surface area contributed by atoms with Crippen molar-refractivity contribution >= 4 is 33.1 Å². The summed E-state index contributed by atoms with van der Waals surface area (Å²) in [4.78, 5) is 19.1. The van der Waals surface area contributed by atoms with E-state index in [0.717, 1.165) is 41.5 Å². The number of nitriles is 1. The van der Waals surface area contributed by atoms with Crippen LogP contribution in [0.1, 0.15) is 38.5 Å². The molecule has 3 heterocycles. The van der Waals surface area contributed by atoms with E-state index in [-0.39, 0.29) is 5.91 Å². The molecule has 0 bridgehead atoms. The molecule has 3 aromatic heterocycles. The van der Waals surface area contributed by atoms with Crippen LogP contribution in [-0.2, 0) is 12.8 Å². The van der Waals surface area contributed by atoms with Crippen LogP contribution in [0.2, 0.25) is 0 Å². The van der Waals surface area contributed by atoms with Crippen LogP contribution in [0.4, 0.5) is 5.00 Å². The Kier molecular flexibility index (Phi) is 4.18. The van der Waals surface area contributed by atoms with E-state index in [1.165, 1.54) is 16.2 Å². The third kappa shape index (κ3) is 3.00. The summed E-state index contributed by atoms with van der Waals surface area (Å²) in [6, 6.07) is 15.3. The lowest BCUT2D eigenvalue weighted by atomic mass is 10.1. The Morgan fingerprint density at radius 1 is 1.24 bits per heavy atom. The number of aromatic nitrogens is 1. The summed E-state index contributed by atoms with van der Waals surface area (Å²) < 4.78 is 5.71. The number of carbonyl (C=O) groups is 1. The van der Waals surface area contributed by atoms with Crippen LogP contribution in [0.3, 0.4) is 0 Å². The number of hydrogen-bond donors (Lipinski definition) is 1. The Morgan fingerprint density at radius 3 is 2.90 bits per heavy atom. The highest BCUT2D eigenvalue weighted by molar-refractivity contribution is 7.16. The van der Waals surface area contributed by atoms with Gasteiger partial charge in [-0.05, 0) is 56.0 Å². The fourth-order valence-electron chi connectivity index (χ4n) is 3.84. The molecule has 1 N–H and O–H groups in total. The molecular weight excluding hydrogens is 382 g/mol. The predicted molar refractivity (Wildman–Crippen MR) is 113 cm³/mol. The fourth-order valence-corrected chi connectivity index (χ4v) is 5.08. The summed E-state index contributed by atoms with van der Waals surface area (Å²) in [5, 5.41) is 14.0. The zero-order chi connectivity index (χ0) is 20.0. The molecule has 0 aliphatic heterocycles. The molecule has 0 saturated heterocycles. The van der Waals surface area contributed by atoms with Crippen molar-refractivity contribution in [2.45, 2.75) is 26.2 Å². The summed E-state index contributed by atoms with van der Waals surface area (Å²) in [5.74, 6) is 1.16. The predicted octanol–water partition coefficient (Wildman–Crippen LogP) is 5.48. The lowest BCUT2D eigenvalue weighted by Gasteiger charge is -2.09. The minimum Gasteiger partial charge on any atom is -0.460 e. The number of anilines is 1. The molecule has 5 rings (SSSR count). The Balaban J connectivity index is 1.59. The number of para-hydroxylation sites is 1. The third-order valence-electron chi connectivity index (χ3n) is 5.21. The van der Waals surface area contributed by atoms with Gasteiger partial charge in [0.25, 0.3) is 5.91 Å². The van der Waals surface area contributed by atoms with E-state index in [9.17, 15) is 10.1 Å². The molecule has 142 valence electrons. The monoisotopic (exact) mass is 399 g/mol. The van der Waals surface area contributed by atoms with Crippen molar-refractivity contribution in [2.75, 3.05) is 5.32 Å². The molecule has 4 aromatic rings. The highest BCUT2D eigenvalue weighted by atomic mass is 32.1. The summed E-state index contributed by atoms with van der Waals surface area (Å²) in [6.45, 7) is 1.87. The van der Waals surface area contributed by atoms with Crippen LogP contribution in [0.5, 0.6) is 0 Å². The first-order valence-electron chi connectivity index (χ1n) is 9.46. The number of benzene rings is 1. The molecule has 0 fully saturated rings. The summed E-state index contributed by atoms with van der Waals surface area (Å²) >= 11 is 1.52. The first-order chi connectivity index (χ1) is 14.1. The molecule has 0 saturated carbocycles. The second-order valence-electron chi connectivity index (χ2n) is 7.11. The van der Waals surface area contributed by atoms with Gasteiger partial charge in [-0.3, -0.25) is 4.79 Å². The SMILES string of the molecule is Cc1ccc(-c2cc(C(=O)Nc3sc4c(c3C#N)CCC4)c3ccccc3n2)o1. The number of fused-ring (bicyclic) bond motifs is 2. The highest BCUT2D eigenvalue weighted by Gasteiger charge is 2.24. The van der Waals surface area contributed by atoms with Gasteiger partial charge >= 0.3 is 0 Å². The van der Waals surface area contributed by atoms with Gasteiger partial charge in [0.05, 0.1) is 16.6 Å². The highest BCUT2D eigenvalue weighted by Crippen LogP contribution is 2.39. The van der Waals surface area contributed by atoms with Gasteiger partial charge in [-0.2, -0.15) is 5.26 Å². The fraction of sp³-hybridized carbons (Fsp3) is 0.174. The van der Waals surface area contributed by atoms with Gasteiger partial charge in [-0.25, -0.2) is 4.98 Å². The second kappa shape index (κ2) is 6.87. The van der Waals surface area contributed by atoms with Crippen LogP contribution in [-0.4, -0.2) is 10.9 Å². The second-order valence-corrected chi connectivity index (χ2v) is 8.22. The van der Waals surface area contributed by atoms with Crippen molar-refractivity contribution in [2.24, 2.45) is 0 Å². The number of hydrogen-bond acceptors (Lipinski definition) is 5. The average molecular weight is 399 g/mol. The Morgan fingerprint density at radius 2 is 2.10 bits per heavy atom. The molecular formula is C23H17N3O2S. The molecule has 1 aliphatic rings. The van der Waals surface area contributed by atoms with E-state index >= 15 is 0 Å². The number of furan rings is 1. The largest absolute Gasteiger partial charge is 0.460 e. The van der Waals surface area contributed by atoms with E-state index < -0.39 is 0 Å². The number of amides is 1. The normalized spacial score (nSPS) is 12.7. The minimum atomic E-state index is -0.246. The molecule has 29 heavy (non-hydrogen) atoms. The summed E-state index contributed by atoms with van der Waals surface area (Å²) in [7, 11) is 0. The molecule has 0 atom stereocenters. The van der Waals surface area contributed by atoms with E-state index in [0.29, 0.717) is 27.6 Å². The van der Waals surface area contributed by atoms with Gasteiger partial charge < -0.3 is 9.73 Å². The molecule has 1 aromatic carbocycles. The summed E-state index contributed by atoms with van der Waals surface area (Å²) in [6.07, 6.45) is 2.96. The van der Waals surface area contributed by atoms with Gasteiger partial charge in [-0.1, -0.05) is 18.2 Å². The first-order valence-corrected chi connectivity index (χ1v) is 10.3. The number of aryl methyl sites for hydroxylation is 2. The lowest BCUT2D eigenvalue weighted by Crippen LogP contribution is -2.13. The lowest BCUT2D eigenvalue weighted by molar-refractivity contribution is 0.102. The number of rotatable bonds is 3. The Hall–Kier alpha value is -3.43. The average Bonchev–Trinajstić information content (AvgIpc) is 3.43. The van der Waals surface area contributed by atoms with Crippen LogP contribution >= 0.6 is 11.3 Å². The quantitative estimate of drug-likeness (QED) is 0.495. The zero-order valence-electron chi connectivity index (χ0n) is 15.8. The van der Waals surface area contributed by atoms with Crippen LogP contribution < -0.4 is 5.32 Å².